The number of nitro groups is 1. The maximum absolute atomic E-state index is 12.9. The highest BCUT2D eigenvalue weighted by Crippen LogP contribution is 2.26. The molecule has 0 radical (unpaired) electrons. The molecule has 1 aromatic heterocycles. The number of nitrogens with one attached hydrogen (secondary N) is 2. The molecular weight excluding hydrogens is 500 g/mol. The first-order valence-corrected chi connectivity index (χ1v) is 12.3. The summed E-state index contributed by atoms with van der Waals surface area (Å²) in [5.74, 6) is -1.51. The Balaban J connectivity index is 1.72. The summed E-state index contributed by atoms with van der Waals surface area (Å²) in [5, 5.41) is 34.7. The molecule has 12 nitrogen and oxygen atoms in total. The third-order valence-electron chi connectivity index (χ3n) is 5.34. The zero-order valence-corrected chi connectivity index (χ0v) is 21.2. The van der Waals surface area contributed by atoms with E-state index in [1.807, 2.05) is 20.8 Å². The van der Waals surface area contributed by atoms with Crippen LogP contribution in [0.3, 0.4) is 0 Å². The van der Waals surface area contributed by atoms with Crippen LogP contribution in [0.5, 0.6) is 0 Å². The van der Waals surface area contributed by atoms with E-state index in [-0.39, 0.29) is 34.4 Å². The highest BCUT2D eigenvalue weighted by molar-refractivity contribution is 7.99. The Hall–Kier alpha value is -4.26. The van der Waals surface area contributed by atoms with Gasteiger partial charge in [0, 0.05) is 29.9 Å². The highest BCUT2D eigenvalue weighted by atomic mass is 32.2. The van der Waals surface area contributed by atoms with Crippen LogP contribution < -0.4 is 10.6 Å². The normalized spacial score (nSPS) is 11.7. The zero-order chi connectivity index (χ0) is 27.1. The van der Waals surface area contributed by atoms with E-state index >= 15 is 0 Å². The van der Waals surface area contributed by atoms with Crippen LogP contribution in [0.25, 0.3) is 0 Å². The number of rotatable bonds is 11. The number of nitro benzene ring substituents is 1. The van der Waals surface area contributed by atoms with Crippen LogP contribution in [0.4, 0.5) is 11.4 Å². The van der Waals surface area contributed by atoms with Gasteiger partial charge in [-0.15, -0.1) is 10.2 Å². The van der Waals surface area contributed by atoms with Gasteiger partial charge in [-0.2, -0.15) is 0 Å². The number of anilines is 1. The van der Waals surface area contributed by atoms with Gasteiger partial charge in [-0.05, 0) is 37.1 Å². The van der Waals surface area contributed by atoms with E-state index in [0.29, 0.717) is 23.2 Å². The van der Waals surface area contributed by atoms with Crippen LogP contribution in [-0.2, 0) is 11.3 Å². The number of carbonyl (C=O) groups is 3. The smallest absolute Gasteiger partial charge is 0.335 e. The Kier molecular flexibility index (Phi) is 8.95. The molecule has 1 atom stereocenters. The molecule has 3 N–H and O–H groups in total. The van der Waals surface area contributed by atoms with Crippen molar-refractivity contribution >= 4 is 40.9 Å². The fourth-order valence-electron chi connectivity index (χ4n) is 3.51. The number of benzene rings is 2. The van der Waals surface area contributed by atoms with Crippen molar-refractivity contribution in [1.82, 2.24) is 20.1 Å². The lowest BCUT2D eigenvalue weighted by atomic mass is 10.0. The number of aromatic nitrogens is 3. The Morgan fingerprint density at radius 1 is 1.11 bits per heavy atom. The molecule has 0 saturated heterocycles. The minimum absolute atomic E-state index is 0.00181. The second kappa shape index (κ2) is 12.1. The number of non-ortho nitro benzene ring substituents is 1. The third-order valence-corrected chi connectivity index (χ3v) is 6.30. The fraction of sp³-hybridized carbons (Fsp3) is 0.292. The minimum atomic E-state index is -1.09. The van der Waals surface area contributed by atoms with Gasteiger partial charge in [0.25, 0.3) is 11.6 Å². The van der Waals surface area contributed by atoms with Crippen LogP contribution >= 0.6 is 11.8 Å². The van der Waals surface area contributed by atoms with Crippen molar-refractivity contribution in [2.45, 2.75) is 38.5 Å². The molecule has 0 spiro atoms. The van der Waals surface area contributed by atoms with Gasteiger partial charge < -0.3 is 20.3 Å². The number of carboxylic acid groups (broad SMARTS) is 1. The first kappa shape index (κ1) is 27.3. The first-order chi connectivity index (χ1) is 17.6. The van der Waals surface area contributed by atoms with Crippen molar-refractivity contribution in [2.75, 3.05) is 11.1 Å². The summed E-state index contributed by atoms with van der Waals surface area (Å²) in [6.45, 7) is 6.16. The number of hydrogen-bond donors (Lipinski definition) is 3. The Labute approximate surface area is 216 Å². The maximum Gasteiger partial charge on any atom is 0.335 e. The molecule has 0 aliphatic rings. The molecule has 1 heterocycles. The van der Waals surface area contributed by atoms with Crippen molar-refractivity contribution in [3.05, 3.63) is 75.6 Å². The van der Waals surface area contributed by atoms with E-state index in [2.05, 4.69) is 20.8 Å². The zero-order valence-electron chi connectivity index (χ0n) is 20.4. The number of amides is 2. The van der Waals surface area contributed by atoms with Gasteiger partial charge in [-0.3, -0.25) is 19.7 Å². The van der Waals surface area contributed by atoms with E-state index in [4.69, 9.17) is 5.11 Å². The minimum Gasteiger partial charge on any atom is -0.478 e. The van der Waals surface area contributed by atoms with Gasteiger partial charge in [0.05, 0.1) is 22.3 Å². The van der Waals surface area contributed by atoms with Crippen LogP contribution in [0.1, 0.15) is 53.4 Å². The lowest BCUT2D eigenvalue weighted by Crippen LogP contribution is -2.33. The van der Waals surface area contributed by atoms with Crippen molar-refractivity contribution in [2.24, 2.45) is 5.92 Å². The van der Waals surface area contributed by atoms with E-state index in [1.165, 1.54) is 36.4 Å². The summed E-state index contributed by atoms with van der Waals surface area (Å²) in [6, 6.07) is 10.9. The summed E-state index contributed by atoms with van der Waals surface area (Å²) in [5.41, 5.74) is 0.400. The Morgan fingerprint density at radius 3 is 2.46 bits per heavy atom. The van der Waals surface area contributed by atoms with Crippen molar-refractivity contribution in [1.29, 1.82) is 0 Å². The van der Waals surface area contributed by atoms with Crippen molar-refractivity contribution in [3.63, 3.8) is 0 Å². The van der Waals surface area contributed by atoms with Gasteiger partial charge in [0.2, 0.25) is 5.91 Å². The third kappa shape index (κ3) is 6.91. The Morgan fingerprint density at radius 2 is 1.81 bits per heavy atom. The highest BCUT2D eigenvalue weighted by Gasteiger charge is 2.26. The molecule has 0 fully saturated rings. The molecule has 13 heteroatoms. The molecule has 0 aliphatic heterocycles. The summed E-state index contributed by atoms with van der Waals surface area (Å²) in [6.07, 6.45) is 0. The van der Waals surface area contributed by atoms with Gasteiger partial charge in [-0.25, -0.2) is 4.79 Å². The number of thioether (sulfide) groups is 1. The molecule has 3 rings (SSSR count). The quantitative estimate of drug-likeness (QED) is 0.191. The molecule has 2 amide bonds. The average molecular weight is 527 g/mol. The van der Waals surface area contributed by atoms with Crippen molar-refractivity contribution in [3.8, 4) is 0 Å². The first-order valence-electron chi connectivity index (χ1n) is 11.3. The standard InChI is InChI=1S/C24H26N6O6S/c1-4-29-21(20(14(2)3)26-22(32)15-7-6-10-18(12-15)30(35)36)27-28-24(29)37-13-19(31)25-17-9-5-8-16(11-17)23(33)34/h5-12,14,20H,4,13H2,1-3H3,(H,25,31)(H,26,32)(H,33,34)/t20-/m1/s1. The van der Waals surface area contributed by atoms with Gasteiger partial charge >= 0.3 is 5.97 Å². The molecule has 0 unspecified atom stereocenters. The average Bonchev–Trinajstić information content (AvgIpc) is 3.28. The largest absolute Gasteiger partial charge is 0.478 e. The van der Waals surface area contributed by atoms with Gasteiger partial charge in [0.1, 0.15) is 0 Å². The summed E-state index contributed by atoms with van der Waals surface area (Å²) in [7, 11) is 0. The van der Waals surface area contributed by atoms with E-state index in [1.54, 1.807) is 16.7 Å². The predicted molar refractivity (Wildman–Crippen MR) is 137 cm³/mol. The van der Waals surface area contributed by atoms with Crippen LogP contribution in [-0.4, -0.2) is 48.3 Å². The van der Waals surface area contributed by atoms with Gasteiger partial charge in [0.15, 0.2) is 11.0 Å². The van der Waals surface area contributed by atoms with Gasteiger partial charge in [-0.1, -0.05) is 37.7 Å². The van der Waals surface area contributed by atoms with Crippen molar-refractivity contribution < 1.29 is 24.4 Å². The lowest BCUT2D eigenvalue weighted by Gasteiger charge is -2.22. The molecule has 37 heavy (non-hydrogen) atoms. The molecule has 194 valence electrons. The Bertz CT molecular complexity index is 1320. The topological polar surface area (TPSA) is 169 Å². The number of nitrogens with zero attached hydrogens (tertiary/aromatic N) is 4. The van der Waals surface area contributed by atoms with Crippen LogP contribution in [0.2, 0.25) is 0 Å². The molecule has 2 aromatic carbocycles. The summed E-state index contributed by atoms with van der Waals surface area (Å²) >= 11 is 1.15. The monoisotopic (exact) mass is 526 g/mol. The SMILES string of the molecule is CCn1c(SCC(=O)Nc2cccc(C(=O)O)c2)nnc1[C@H](NC(=O)c1cccc([N+](=O)[O-])c1)C(C)C. The summed E-state index contributed by atoms with van der Waals surface area (Å²) < 4.78 is 1.79. The molecular formula is C24H26N6O6S. The number of carboxylic acids is 1. The number of carbonyl (C=O) groups excluding carboxylic acids is 2. The van der Waals surface area contributed by atoms with E-state index in [0.717, 1.165) is 11.8 Å². The summed E-state index contributed by atoms with van der Waals surface area (Å²) in [4.78, 5) is 47.0. The van der Waals surface area contributed by atoms with Crippen LogP contribution in [0.15, 0.2) is 53.7 Å². The molecule has 0 bridgehead atoms. The molecule has 0 saturated carbocycles. The van der Waals surface area contributed by atoms with E-state index in [9.17, 15) is 24.5 Å². The number of aromatic carboxylic acids is 1. The maximum atomic E-state index is 12.9. The lowest BCUT2D eigenvalue weighted by molar-refractivity contribution is -0.384. The number of hydrogen-bond acceptors (Lipinski definition) is 8. The molecule has 0 aliphatic carbocycles. The molecule has 3 aromatic rings. The van der Waals surface area contributed by atoms with E-state index < -0.39 is 22.8 Å². The fourth-order valence-corrected chi connectivity index (χ4v) is 4.32. The second-order valence-corrected chi connectivity index (χ2v) is 9.25. The predicted octanol–water partition coefficient (Wildman–Crippen LogP) is 3.76. The second-order valence-electron chi connectivity index (χ2n) is 8.31. The van der Waals surface area contributed by atoms with Crippen LogP contribution in [0, 0.1) is 16.0 Å².